The number of aryl methyl sites for hydroxylation is 2. The van der Waals surface area contributed by atoms with Crippen LogP contribution in [0.25, 0.3) is 16.4 Å². The summed E-state index contributed by atoms with van der Waals surface area (Å²) in [7, 11) is 0. The Bertz CT molecular complexity index is 1230. The lowest BCUT2D eigenvalue weighted by Crippen LogP contribution is -2.25. The number of rotatable bonds is 2. The summed E-state index contributed by atoms with van der Waals surface area (Å²) >= 11 is 0. The largest absolute Gasteiger partial charge is 0.316 e. The van der Waals surface area contributed by atoms with Gasteiger partial charge in [0, 0.05) is 11.8 Å². The molecule has 4 rings (SSSR count). The molecule has 1 N–H and O–H groups in total. The molecule has 0 aliphatic rings. The van der Waals surface area contributed by atoms with Gasteiger partial charge in [0.2, 0.25) is 0 Å². The summed E-state index contributed by atoms with van der Waals surface area (Å²) in [6.45, 7) is 3.66. The molecule has 5 heteroatoms. The molecular weight excluding hydrogens is 326 g/mol. The van der Waals surface area contributed by atoms with Crippen LogP contribution in [0.5, 0.6) is 0 Å². The zero-order chi connectivity index (χ0) is 18.3. The third-order valence-electron chi connectivity index (χ3n) is 4.42. The Kier molecular flexibility index (Phi) is 3.77. The molecule has 4 aromatic rings. The van der Waals surface area contributed by atoms with Gasteiger partial charge in [0.15, 0.2) is 0 Å². The molecule has 26 heavy (non-hydrogen) atoms. The maximum absolute atomic E-state index is 12.7. The van der Waals surface area contributed by atoms with Crippen molar-refractivity contribution in [3.8, 4) is 0 Å². The molecule has 0 aliphatic heterocycles. The van der Waals surface area contributed by atoms with Gasteiger partial charge in [0.05, 0.1) is 5.69 Å². The zero-order valence-corrected chi connectivity index (χ0v) is 14.5. The number of carbonyl (C=O) groups is 1. The molecule has 5 nitrogen and oxygen atoms in total. The Morgan fingerprint density at radius 1 is 1.00 bits per heavy atom. The van der Waals surface area contributed by atoms with Crippen molar-refractivity contribution in [1.29, 1.82) is 0 Å². The number of fused-ring (bicyclic) bond motifs is 2. The van der Waals surface area contributed by atoms with Gasteiger partial charge >= 0.3 is 0 Å². The van der Waals surface area contributed by atoms with Crippen LogP contribution in [0.3, 0.4) is 0 Å². The van der Waals surface area contributed by atoms with Gasteiger partial charge in [0.1, 0.15) is 11.3 Å². The molecular formula is C21H17N3O2. The number of nitrogens with zero attached hydrogens (tertiary/aromatic N) is 2. The molecule has 2 heterocycles. The van der Waals surface area contributed by atoms with Gasteiger partial charge in [-0.15, -0.1) is 0 Å². The van der Waals surface area contributed by atoms with Gasteiger partial charge in [-0.05, 0) is 54.4 Å². The molecule has 0 bridgehead atoms. The number of carbonyl (C=O) groups excluding carboxylic acids is 1. The minimum atomic E-state index is -0.329. The molecule has 1 amide bonds. The van der Waals surface area contributed by atoms with E-state index in [1.807, 2.05) is 55.5 Å². The summed E-state index contributed by atoms with van der Waals surface area (Å²) in [5, 5.41) is 4.76. The first-order valence-corrected chi connectivity index (χ1v) is 8.33. The van der Waals surface area contributed by atoms with Crippen molar-refractivity contribution in [3.05, 3.63) is 88.0 Å². The van der Waals surface area contributed by atoms with E-state index in [4.69, 9.17) is 0 Å². The molecule has 0 saturated carbocycles. The van der Waals surface area contributed by atoms with E-state index < -0.39 is 0 Å². The van der Waals surface area contributed by atoms with Gasteiger partial charge in [-0.25, -0.2) is 4.98 Å². The number of benzene rings is 2. The molecule has 2 aromatic carbocycles. The van der Waals surface area contributed by atoms with E-state index in [-0.39, 0.29) is 17.2 Å². The number of aromatic nitrogens is 2. The maximum Gasteiger partial charge on any atom is 0.281 e. The molecule has 128 valence electrons. The van der Waals surface area contributed by atoms with E-state index in [1.54, 1.807) is 19.2 Å². The highest BCUT2D eigenvalue weighted by Gasteiger charge is 2.14. The minimum absolute atomic E-state index is 0.199. The quantitative estimate of drug-likeness (QED) is 0.603. The van der Waals surface area contributed by atoms with Gasteiger partial charge in [-0.2, -0.15) is 0 Å². The monoisotopic (exact) mass is 343 g/mol. The SMILES string of the molecule is Cc1ccn2c(=O)c(NC(=O)c3ccc4ccccc4c3)c(C)nc2c1. The second-order valence-corrected chi connectivity index (χ2v) is 6.33. The van der Waals surface area contributed by atoms with Crippen molar-refractivity contribution >= 4 is 28.0 Å². The van der Waals surface area contributed by atoms with Crippen molar-refractivity contribution < 1.29 is 4.79 Å². The standard InChI is InChI=1S/C21H17N3O2/c1-13-9-10-24-18(11-13)22-14(2)19(21(24)26)23-20(25)17-8-7-15-5-3-4-6-16(15)12-17/h3-12H,1-2H3,(H,23,25). The van der Waals surface area contributed by atoms with Crippen LogP contribution in [0.15, 0.2) is 65.6 Å². The average Bonchev–Trinajstić information content (AvgIpc) is 2.64. The third kappa shape index (κ3) is 2.73. The summed E-state index contributed by atoms with van der Waals surface area (Å²) in [4.78, 5) is 29.9. The van der Waals surface area contributed by atoms with E-state index in [2.05, 4.69) is 10.3 Å². The average molecular weight is 343 g/mol. The molecule has 0 atom stereocenters. The van der Waals surface area contributed by atoms with Crippen LogP contribution >= 0.6 is 0 Å². The predicted octanol–water partition coefficient (Wildman–Crippen LogP) is 3.72. The van der Waals surface area contributed by atoms with Crippen molar-refractivity contribution in [1.82, 2.24) is 9.38 Å². The molecule has 0 radical (unpaired) electrons. The highest BCUT2D eigenvalue weighted by Crippen LogP contribution is 2.17. The lowest BCUT2D eigenvalue weighted by molar-refractivity contribution is 0.102. The van der Waals surface area contributed by atoms with E-state index in [9.17, 15) is 9.59 Å². The zero-order valence-electron chi connectivity index (χ0n) is 14.5. The molecule has 0 fully saturated rings. The fourth-order valence-corrected chi connectivity index (χ4v) is 3.01. The second-order valence-electron chi connectivity index (χ2n) is 6.33. The first-order chi connectivity index (χ1) is 12.5. The molecule has 0 unspecified atom stereocenters. The molecule has 0 aliphatic carbocycles. The Labute approximate surface area is 149 Å². The number of nitrogens with one attached hydrogen (secondary N) is 1. The first kappa shape index (κ1) is 16.0. The van der Waals surface area contributed by atoms with Crippen LogP contribution in [0, 0.1) is 13.8 Å². The fraction of sp³-hybridized carbons (Fsp3) is 0.0952. The van der Waals surface area contributed by atoms with Crippen LogP contribution in [-0.4, -0.2) is 15.3 Å². The first-order valence-electron chi connectivity index (χ1n) is 8.33. The normalized spacial score (nSPS) is 11.0. The maximum atomic E-state index is 12.7. The third-order valence-corrected chi connectivity index (χ3v) is 4.42. The van der Waals surface area contributed by atoms with Gasteiger partial charge in [-0.1, -0.05) is 30.3 Å². The number of hydrogen-bond acceptors (Lipinski definition) is 3. The Morgan fingerprint density at radius 3 is 2.58 bits per heavy atom. The van der Waals surface area contributed by atoms with Gasteiger partial charge in [0.25, 0.3) is 11.5 Å². The Balaban J connectivity index is 1.75. The molecule has 0 saturated heterocycles. The summed E-state index contributed by atoms with van der Waals surface area (Å²) < 4.78 is 1.44. The Morgan fingerprint density at radius 2 is 1.77 bits per heavy atom. The lowest BCUT2D eigenvalue weighted by Gasteiger charge is -2.10. The highest BCUT2D eigenvalue weighted by atomic mass is 16.2. The predicted molar refractivity (Wildman–Crippen MR) is 103 cm³/mol. The summed E-state index contributed by atoms with van der Waals surface area (Å²) in [6, 6.07) is 17.0. The van der Waals surface area contributed by atoms with Gasteiger partial charge < -0.3 is 5.32 Å². The minimum Gasteiger partial charge on any atom is -0.316 e. The van der Waals surface area contributed by atoms with Crippen LogP contribution in [-0.2, 0) is 0 Å². The fourth-order valence-electron chi connectivity index (χ4n) is 3.01. The summed E-state index contributed by atoms with van der Waals surface area (Å²) in [5.41, 5.74) is 2.48. The summed E-state index contributed by atoms with van der Waals surface area (Å²) in [6.07, 6.45) is 1.67. The van der Waals surface area contributed by atoms with Crippen LogP contribution < -0.4 is 10.9 Å². The number of hydrogen-bond donors (Lipinski definition) is 1. The number of anilines is 1. The number of amides is 1. The van der Waals surface area contributed by atoms with E-state index in [1.165, 1.54) is 4.40 Å². The van der Waals surface area contributed by atoms with E-state index in [0.717, 1.165) is 16.3 Å². The summed E-state index contributed by atoms with van der Waals surface area (Å²) in [5.74, 6) is -0.329. The van der Waals surface area contributed by atoms with E-state index >= 15 is 0 Å². The molecule has 2 aromatic heterocycles. The van der Waals surface area contributed by atoms with Crippen molar-refractivity contribution in [2.75, 3.05) is 5.32 Å². The van der Waals surface area contributed by atoms with Gasteiger partial charge in [-0.3, -0.25) is 14.0 Å². The van der Waals surface area contributed by atoms with E-state index in [0.29, 0.717) is 16.9 Å². The topological polar surface area (TPSA) is 63.5 Å². The number of pyridine rings is 1. The Hall–Kier alpha value is -3.47. The van der Waals surface area contributed by atoms with Crippen LogP contribution in [0.1, 0.15) is 21.6 Å². The highest BCUT2D eigenvalue weighted by molar-refractivity contribution is 6.06. The van der Waals surface area contributed by atoms with Crippen LogP contribution in [0.2, 0.25) is 0 Å². The second kappa shape index (κ2) is 6.11. The van der Waals surface area contributed by atoms with Crippen molar-refractivity contribution in [2.24, 2.45) is 0 Å². The smallest absolute Gasteiger partial charge is 0.281 e. The van der Waals surface area contributed by atoms with Crippen molar-refractivity contribution in [2.45, 2.75) is 13.8 Å². The van der Waals surface area contributed by atoms with Crippen LogP contribution in [0.4, 0.5) is 5.69 Å². The van der Waals surface area contributed by atoms with Crippen molar-refractivity contribution in [3.63, 3.8) is 0 Å². The lowest BCUT2D eigenvalue weighted by atomic mass is 10.1. The molecule has 0 spiro atoms.